The third-order valence-electron chi connectivity index (χ3n) is 2.57. The Balaban J connectivity index is 2.29. The van der Waals surface area contributed by atoms with Gasteiger partial charge in [0.1, 0.15) is 19.5 Å². The molecule has 1 aliphatic rings. The second-order valence-corrected chi connectivity index (χ2v) is 4.38. The zero-order chi connectivity index (χ0) is 13.5. The van der Waals surface area contributed by atoms with Gasteiger partial charge in [0.05, 0.1) is 0 Å². The number of esters is 1. The number of hydrogen-bond donors (Lipinski definition) is 1. The second kappa shape index (κ2) is 6.88. The fourth-order valence-electron chi connectivity index (χ4n) is 1.14. The molecule has 1 aliphatic heterocycles. The van der Waals surface area contributed by atoms with Crippen molar-refractivity contribution in [2.24, 2.45) is 5.92 Å². The Morgan fingerprint density at radius 1 is 1.39 bits per heavy atom. The molecule has 0 unspecified atom stereocenters. The molecular formula is C12H19NO5. The molecule has 0 bridgehead atoms. The molecule has 0 saturated carbocycles. The van der Waals surface area contributed by atoms with Gasteiger partial charge in [0, 0.05) is 6.04 Å². The third kappa shape index (κ3) is 4.65. The lowest BCUT2D eigenvalue weighted by Gasteiger charge is -2.18. The molecule has 0 fully saturated rings. The second-order valence-electron chi connectivity index (χ2n) is 4.38. The van der Waals surface area contributed by atoms with Crippen LogP contribution in [0.5, 0.6) is 0 Å². The lowest BCUT2D eigenvalue weighted by Crippen LogP contribution is -2.38. The van der Waals surface area contributed by atoms with Crippen molar-refractivity contribution in [1.82, 2.24) is 5.32 Å². The van der Waals surface area contributed by atoms with Crippen molar-refractivity contribution in [1.29, 1.82) is 0 Å². The topological polar surface area (TPSA) is 73.9 Å². The third-order valence-corrected chi connectivity index (χ3v) is 2.57. The fourth-order valence-corrected chi connectivity index (χ4v) is 1.14. The van der Waals surface area contributed by atoms with Crippen molar-refractivity contribution in [2.75, 3.05) is 19.8 Å². The molecule has 1 heterocycles. The van der Waals surface area contributed by atoms with Gasteiger partial charge < -0.3 is 19.5 Å². The van der Waals surface area contributed by atoms with E-state index in [1.807, 2.05) is 20.8 Å². The molecule has 18 heavy (non-hydrogen) atoms. The zero-order valence-corrected chi connectivity index (χ0v) is 10.9. The SMILES string of the molecule is CC(C)[C@@H](C)NC(=O)COC(=O)C1=COCCO1. The number of nitrogens with one attached hydrogen (secondary N) is 1. The van der Waals surface area contributed by atoms with E-state index in [1.54, 1.807) is 0 Å². The molecule has 0 aliphatic carbocycles. The largest absolute Gasteiger partial charge is 0.493 e. The van der Waals surface area contributed by atoms with Gasteiger partial charge in [-0.05, 0) is 12.8 Å². The molecule has 0 saturated heterocycles. The Morgan fingerprint density at radius 3 is 2.67 bits per heavy atom. The predicted octanol–water partition coefficient (Wildman–Crippen LogP) is 0.578. The highest BCUT2D eigenvalue weighted by Crippen LogP contribution is 2.06. The first-order valence-electron chi connectivity index (χ1n) is 5.91. The van der Waals surface area contributed by atoms with E-state index in [9.17, 15) is 9.59 Å². The van der Waals surface area contributed by atoms with E-state index in [4.69, 9.17) is 14.2 Å². The molecule has 0 spiro atoms. The number of amides is 1. The van der Waals surface area contributed by atoms with Crippen molar-refractivity contribution in [3.8, 4) is 0 Å². The van der Waals surface area contributed by atoms with Gasteiger partial charge in [-0.2, -0.15) is 0 Å². The van der Waals surface area contributed by atoms with E-state index in [0.717, 1.165) is 0 Å². The van der Waals surface area contributed by atoms with Gasteiger partial charge in [0.2, 0.25) is 5.76 Å². The number of carbonyl (C=O) groups excluding carboxylic acids is 2. The Morgan fingerprint density at radius 2 is 2.11 bits per heavy atom. The average molecular weight is 257 g/mol. The summed E-state index contributed by atoms with van der Waals surface area (Å²) in [4.78, 5) is 22.9. The van der Waals surface area contributed by atoms with E-state index in [1.165, 1.54) is 6.26 Å². The molecule has 0 aromatic carbocycles. The molecule has 0 aromatic rings. The van der Waals surface area contributed by atoms with E-state index in [2.05, 4.69) is 5.32 Å². The number of ether oxygens (including phenoxy) is 3. The van der Waals surface area contributed by atoms with Gasteiger partial charge in [-0.15, -0.1) is 0 Å². The number of rotatable bonds is 5. The molecule has 1 N–H and O–H groups in total. The minimum Gasteiger partial charge on any atom is -0.493 e. The van der Waals surface area contributed by atoms with Crippen LogP contribution >= 0.6 is 0 Å². The molecule has 0 aromatic heterocycles. The molecule has 1 atom stereocenters. The van der Waals surface area contributed by atoms with Crippen LogP contribution in [0.2, 0.25) is 0 Å². The summed E-state index contributed by atoms with van der Waals surface area (Å²) in [6.45, 7) is 6.27. The van der Waals surface area contributed by atoms with E-state index in [-0.39, 0.29) is 24.3 Å². The van der Waals surface area contributed by atoms with Gasteiger partial charge >= 0.3 is 5.97 Å². The Bertz CT molecular complexity index is 337. The average Bonchev–Trinajstić information content (AvgIpc) is 2.36. The first-order valence-corrected chi connectivity index (χ1v) is 5.91. The van der Waals surface area contributed by atoms with Gasteiger partial charge in [-0.3, -0.25) is 4.79 Å². The summed E-state index contributed by atoms with van der Waals surface area (Å²) in [5.41, 5.74) is 0. The van der Waals surface area contributed by atoms with Gasteiger partial charge in [-0.1, -0.05) is 13.8 Å². The highest BCUT2D eigenvalue weighted by molar-refractivity contribution is 5.88. The zero-order valence-electron chi connectivity index (χ0n) is 10.9. The van der Waals surface area contributed by atoms with Crippen LogP contribution in [0.3, 0.4) is 0 Å². The smallest absolute Gasteiger partial charge is 0.377 e. The first kappa shape index (κ1) is 14.3. The fraction of sp³-hybridized carbons (Fsp3) is 0.667. The highest BCUT2D eigenvalue weighted by atomic mass is 16.6. The first-order chi connectivity index (χ1) is 8.50. The van der Waals surface area contributed by atoms with Crippen LogP contribution in [0.15, 0.2) is 12.0 Å². The minimum atomic E-state index is -0.693. The predicted molar refractivity (Wildman–Crippen MR) is 63.4 cm³/mol. The summed E-state index contributed by atoms with van der Waals surface area (Å²) in [5.74, 6) is -0.711. The molecule has 6 nitrogen and oxygen atoms in total. The van der Waals surface area contributed by atoms with E-state index in [0.29, 0.717) is 19.1 Å². The molecule has 1 rings (SSSR count). The van der Waals surface area contributed by atoms with Crippen LogP contribution in [-0.4, -0.2) is 37.7 Å². The van der Waals surface area contributed by atoms with Crippen molar-refractivity contribution in [3.63, 3.8) is 0 Å². The lowest BCUT2D eigenvalue weighted by molar-refractivity contribution is -0.149. The Labute approximate surface area is 106 Å². The van der Waals surface area contributed by atoms with Crippen LogP contribution in [0.25, 0.3) is 0 Å². The van der Waals surface area contributed by atoms with Crippen LogP contribution in [-0.2, 0) is 23.8 Å². The van der Waals surface area contributed by atoms with Crippen LogP contribution < -0.4 is 5.32 Å². The normalized spacial score (nSPS) is 16.1. The summed E-state index contributed by atoms with van der Waals surface area (Å²) < 4.78 is 14.7. The highest BCUT2D eigenvalue weighted by Gasteiger charge is 2.18. The quantitative estimate of drug-likeness (QED) is 0.729. The molecule has 1 amide bonds. The number of carbonyl (C=O) groups is 2. The Hall–Kier alpha value is -1.72. The summed E-state index contributed by atoms with van der Waals surface area (Å²) in [5, 5.41) is 2.73. The van der Waals surface area contributed by atoms with Crippen molar-refractivity contribution in [3.05, 3.63) is 12.0 Å². The van der Waals surface area contributed by atoms with E-state index >= 15 is 0 Å². The molecule has 102 valence electrons. The summed E-state index contributed by atoms with van der Waals surface area (Å²) in [7, 11) is 0. The molecule has 6 heteroatoms. The maximum Gasteiger partial charge on any atom is 0.377 e. The minimum absolute atomic E-state index is 0.00837. The number of hydrogen-bond acceptors (Lipinski definition) is 5. The maximum atomic E-state index is 11.5. The molecular weight excluding hydrogens is 238 g/mol. The van der Waals surface area contributed by atoms with Crippen LogP contribution in [0.4, 0.5) is 0 Å². The van der Waals surface area contributed by atoms with Gasteiger partial charge in [0.15, 0.2) is 6.61 Å². The van der Waals surface area contributed by atoms with Crippen LogP contribution in [0, 0.1) is 5.92 Å². The van der Waals surface area contributed by atoms with Gasteiger partial charge in [0.25, 0.3) is 5.91 Å². The van der Waals surface area contributed by atoms with E-state index < -0.39 is 5.97 Å². The lowest BCUT2D eigenvalue weighted by atomic mass is 10.1. The maximum absolute atomic E-state index is 11.5. The Kier molecular flexibility index (Phi) is 5.48. The standard InChI is InChI=1S/C12H19NO5/c1-8(2)9(3)13-11(14)7-18-12(15)10-6-16-4-5-17-10/h6,8-9H,4-5,7H2,1-3H3,(H,13,14)/t9-/m1/s1. The van der Waals surface area contributed by atoms with Crippen molar-refractivity contribution < 1.29 is 23.8 Å². The van der Waals surface area contributed by atoms with Gasteiger partial charge in [-0.25, -0.2) is 4.79 Å². The van der Waals surface area contributed by atoms with Crippen LogP contribution in [0.1, 0.15) is 20.8 Å². The summed E-state index contributed by atoms with van der Waals surface area (Å²) in [6.07, 6.45) is 1.19. The van der Waals surface area contributed by atoms with Crippen molar-refractivity contribution >= 4 is 11.9 Å². The monoisotopic (exact) mass is 257 g/mol. The van der Waals surface area contributed by atoms with Crippen molar-refractivity contribution in [2.45, 2.75) is 26.8 Å². The summed E-state index contributed by atoms with van der Waals surface area (Å²) >= 11 is 0. The summed E-state index contributed by atoms with van der Waals surface area (Å²) in [6, 6.07) is 0.0321. The molecule has 0 radical (unpaired) electrons.